The third-order valence-electron chi connectivity index (χ3n) is 4.13. The van der Waals surface area contributed by atoms with Gasteiger partial charge in [-0.05, 0) is 25.3 Å². The van der Waals surface area contributed by atoms with Crippen molar-refractivity contribution in [1.29, 1.82) is 0 Å². The van der Waals surface area contributed by atoms with E-state index in [1.807, 2.05) is 30.3 Å². The summed E-state index contributed by atoms with van der Waals surface area (Å²) in [5.74, 6) is -2.02. The summed E-state index contributed by atoms with van der Waals surface area (Å²) in [6.45, 7) is 3.20. The van der Waals surface area contributed by atoms with Crippen LogP contribution in [-0.2, 0) is 9.53 Å². The highest BCUT2D eigenvalue weighted by molar-refractivity contribution is 6.11. The van der Waals surface area contributed by atoms with Crippen LogP contribution in [0, 0.1) is 6.92 Å². The van der Waals surface area contributed by atoms with Gasteiger partial charge in [-0.25, -0.2) is 9.59 Å². The smallest absolute Gasteiger partial charge is 0.354 e. The Labute approximate surface area is 166 Å². The third-order valence-corrected chi connectivity index (χ3v) is 4.13. The lowest BCUT2D eigenvalue weighted by Gasteiger charge is -2.12. The van der Waals surface area contributed by atoms with Gasteiger partial charge in [0.2, 0.25) is 0 Å². The van der Waals surface area contributed by atoms with Crippen LogP contribution in [0.3, 0.4) is 0 Å². The molecule has 0 aliphatic heterocycles. The molecule has 1 aromatic heterocycles. The van der Waals surface area contributed by atoms with Crippen molar-refractivity contribution in [3.8, 4) is 5.75 Å². The van der Waals surface area contributed by atoms with Crippen LogP contribution in [0.5, 0.6) is 5.75 Å². The van der Waals surface area contributed by atoms with Crippen molar-refractivity contribution in [2.45, 2.75) is 13.8 Å². The van der Waals surface area contributed by atoms with Crippen LogP contribution in [-0.4, -0.2) is 23.5 Å². The molecule has 0 aliphatic carbocycles. The molecule has 2 N–H and O–H groups in total. The molecular weight excluding hydrogens is 374 g/mol. The molecule has 3 aromatic rings. The minimum Gasteiger partial charge on any atom is -0.507 e. The van der Waals surface area contributed by atoms with Crippen molar-refractivity contribution in [1.82, 2.24) is 0 Å². The monoisotopic (exact) mass is 393 g/mol. The van der Waals surface area contributed by atoms with Gasteiger partial charge in [-0.3, -0.25) is 4.79 Å². The number of carbonyl (C=O) groups is 2. The van der Waals surface area contributed by atoms with Crippen molar-refractivity contribution < 1.29 is 23.8 Å². The van der Waals surface area contributed by atoms with E-state index in [0.717, 1.165) is 22.9 Å². The minimum absolute atomic E-state index is 0.0967. The molecule has 1 heterocycles. The van der Waals surface area contributed by atoms with Gasteiger partial charge in [0.05, 0.1) is 6.61 Å². The molecule has 0 unspecified atom stereocenters. The fraction of sp³-hybridized carbons (Fsp3) is 0.136. The summed E-state index contributed by atoms with van der Waals surface area (Å²) in [6.07, 6.45) is 0.918. The van der Waals surface area contributed by atoms with Crippen LogP contribution in [0.1, 0.15) is 23.0 Å². The maximum absolute atomic E-state index is 12.6. The Morgan fingerprint density at radius 3 is 2.62 bits per heavy atom. The highest BCUT2D eigenvalue weighted by atomic mass is 16.5. The van der Waals surface area contributed by atoms with Crippen LogP contribution < -0.4 is 10.9 Å². The Bertz CT molecular complexity index is 1170. The van der Waals surface area contributed by atoms with E-state index >= 15 is 0 Å². The molecule has 29 heavy (non-hydrogen) atoms. The second-order valence-electron chi connectivity index (χ2n) is 6.20. The fourth-order valence-corrected chi connectivity index (χ4v) is 2.86. The Morgan fingerprint density at radius 2 is 1.90 bits per heavy atom. The molecule has 0 amide bonds. The molecule has 0 atom stereocenters. The van der Waals surface area contributed by atoms with E-state index in [-0.39, 0.29) is 18.1 Å². The normalized spacial score (nSPS) is 11.3. The van der Waals surface area contributed by atoms with Crippen LogP contribution >= 0.6 is 0 Å². The molecule has 0 fully saturated rings. The van der Waals surface area contributed by atoms with Crippen molar-refractivity contribution in [2.75, 3.05) is 11.9 Å². The molecule has 7 nitrogen and oxygen atoms in total. The summed E-state index contributed by atoms with van der Waals surface area (Å²) in [6, 6.07) is 14.1. The van der Waals surface area contributed by atoms with E-state index in [1.54, 1.807) is 19.1 Å². The van der Waals surface area contributed by atoms with Crippen molar-refractivity contribution >= 4 is 28.2 Å². The fourth-order valence-electron chi connectivity index (χ4n) is 2.86. The van der Waals surface area contributed by atoms with Crippen LogP contribution in [0.15, 0.2) is 69.5 Å². The molecule has 0 aliphatic rings. The molecule has 7 heteroatoms. The highest BCUT2D eigenvalue weighted by Crippen LogP contribution is 2.25. The molecule has 148 valence electrons. The number of fused-ring (bicyclic) bond motifs is 1. The van der Waals surface area contributed by atoms with E-state index in [2.05, 4.69) is 5.32 Å². The van der Waals surface area contributed by atoms with Gasteiger partial charge in [-0.15, -0.1) is 0 Å². The number of aryl methyl sites for hydroxylation is 1. The van der Waals surface area contributed by atoms with Gasteiger partial charge in [0.25, 0.3) is 0 Å². The summed E-state index contributed by atoms with van der Waals surface area (Å²) in [5, 5.41) is 14.7. The number of nitrogens with one attached hydrogen (secondary N) is 1. The number of anilines is 1. The van der Waals surface area contributed by atoms with Crippen molar-refractivity contribution in [3.05, 3.63) is 82.0 Å². The van der Waals surface area contributed by atoms with E-state index in [9.17, 15) is 19.5 Å². The number of ketones is 1. The molecule has 0 saturated carbocycles. The SMILES string of the molecule is CCOC(=O)/C(=C/C(=O)c1c(O)cc(C)oc1=O)Nc1cccc2ccccc12. The predicted molar refractivity (Wildman–Crippen MR) is 108 cm³/mol. The quantitative estimate of drug-likeness (QED) is 0.375. The van der Waals surface area contributed by atoms with Crippen LogP contribution in [0.4, 0.5) is 5.69 Å². The first-order chi connectivity index (χ1) is 13.9. The number of esters is 1. The molecule has 0 spiro atoms. The molecular formula is C22H19NO6. The zero-order chi connectivity index (χ0) is 21.0. The summed E-state index contributed by atoms with van der Waals surface area (Å²) in [7, 11) is 0. The van der Waals surface area contributed by atoms with Gasteiger partial charge in [0.15, 0.2) is 5.78 Å². The number of carbonyl (C=O) groups excluding carboxylic acids is 2. The standard InChI is InChI=1S/C22H19NO6/c1-3-28-21(26)17(12-19(25)20-18(24)11-13(2)29-22(20)27)23-16-10-6-8-14-7-4-5-9-15(14)16/h4-12,23-24H,3H2,1-2H3/b17-12-. The van der Waals surface area contributed by atoms with Gasteiger partial charge < -0.3 is 19.6 Å². The number of aromatic hydroxyl groups is 1. The number of rotatable bonds is 6. The van der Waals surface area contributed by atoms with Gasteiger partial charge in [-0.1, -0.05) is 36.4 Å². The van der Waals surface area contributed by atoms with Crippen molar-refractivity contribution in [2.24, 2.45) is 0 Å². The van der Waals surface area contributed by atoms with Gasteiger partial charge in [0.1, 0.15) is 22.8 Å². The highest BCUT2D eigenvalue weighted by Gasteiger charge is 2.20. The Hall–Kier alpha value is -3.87. The van der Waals surface area contributed by atoms with Gasteiger partial charge >= 0.3 is 11.6 Å². The number of benzene rings is 2. The maximum atomic E-state index is 12.6. The van der Waals surface area contributed by atoms with E-state index in [1.165, 1.54) is 6.92 Å². The Morgan fingerprint density at radius 1 is 1.17 bits per heavy atom. The Kier molecular flexibility index (Phi) is 5.78. The molecule has 0 saturated heterocycles. The van der Waals surface area contributed by atoms with Crippen LogP contribution in [0.25, 0.3) is 10.8 Å². The average Bonchev–Trinajstić information content (AvgIpc) is 2.67. The number of allylic oxidation sites excluding steroid dienone is 1. The minimum atomic E-state index is -0.989. The zero-order valence-electron chi connectivity index (χ0n) is 15.9. The molecule has 3 rings (SSSR count). The second-order valence-corrected chi connectivity index (χ2v) is 6.20. The molecule has 0 radical (unpaired) electrons. The summed E-state index contributed by atoms with van der Waals surface area (Å²) in [4.78, 5) is 37.0. The first-order valence-corrected chi connectivity index (χ1v) is 8.92. The summed E-state index contributed by atoms with van der Waals surface area (Å²) < 4.78 is 9.89. The van der Waals surface area contributed by atoms with Crippen molar-refractivity contribution in [3.63, 3.8) is 0 Å². The topological polar surface area (TPSA) is 106 Å². The van der Waals surface area contributed by atoms with E-state index in [4.69, 9.17) is 9.15 Å². The lowest BCUT2D eigenvalue weighted by atomic mass is 10.1. The summed E-state index contributed by atoms with van der Waals surface area (Å²) in [5.41, 5.74) is -1.14. The zero-order valence-corrected chi connectivity index (χ0v) is 15.9. The maximum Gasteiger partial charge on any atom is 0.354 e. The first-order valence-electron chi connectivity index (χ1n) is 8.92. The largest absolute Gasteiger partial charge is 0.507 e. The average molecular weight is 393 g/mol. The molecule has 0 bridgehead atoms. The molecule has 2 aromatic carbocycles. The van der Waals surface area contributed by atoms with Crippen LogP contribution in [0.2, 0.25) is 0 Å². The Balaban J connectivity index is 2.05. The second kappa shape index (κ2) is 8.43. The third kappa shape index (κ3) is 4.35. The van der Waals surface area contributed by atoms with Gasteiger partial charge in [0, 0.05) is 23.2 Å². The summed E-state index contributed by atoms with van der Waals surface area (Å²) >= 11 is 0. The first kappa shape index (κ1) is 19.9. The number of hydrogen-bond acceptors (Lipinski definition) is 7. The lowest BCUT2D eigenvalue weighted by molar-refractivity contribution is -0.138. The lowest BCUT2D eigenvalue weighted by Crippen LogP contribution is -2.19. The van der Waals surface area contributed by atoms with Gasteiger partial charge in [-0.2, -0.15) is 0 Å². The predicted octanol–water partition coefficient (Wildman–Crippen LogP) is 3.55. The van der Waals surface area contributed by atoms with E-state index < -0.39 is 28.7 Å². The van der Waals surface area contributed by atoms with E-state index in [0.29, 0.717) is 5.69 Å². The number of ether oxygens (including phenoxy) is 1. The number of hydrogen-bond donors (Lipinski definition) is 2.